The van der Waals surface area contributed by atoms with Gasteiger partial charge in [-0.1, -0.05) is 65.4 Å². The normalized spacial score (nSPS) is 18.1. The number of amides is 4. The number of hydrazine groups is 1. The SMILES string of the molecule is COc1ccc(C2SC(CC(=O)ON3C(=O)c4ccccc4C3=O)C(=O)N2NCC(=O)N2c3ccccc3Sc3ccccc32)cc1. The molecule has 3 aliphatic heterocycles. The Morgan fingerprint density at radius 3 is 1.96 bits per heavy atom. The molecule has 0 aliphatic carbocycles. The summed E-state index contributed by atoms with van der Waals surface area (Å²) in [5.74, 6) is -2.54. The van der Waals surface area contributed by atoms with Crippen molar-refractivity contribution in [2.75, 3.05) is 18.6 Å². The maximum Gasteiger partial charge on any atom is 0.334 e. The van der Waals surface area contributed by atoms with Crippen molar-refractivity contribution in [3.05, 3.63) is 114 Å². The fourth-order valence-corrected chi connectivity index (χ4v) is 8.03. The topological polar surface area (TPSA) is 126 Å². The summed E-state index contributed by atoms with van der Waals surface area (Å²) < 4.78 is 5.29. The van der Waals surface area contributed by atoms with Gasteiger partial charge in [0.2, 0.25) is 5.91 Å². The first-order valence-electron chi connectivity index (χ1n) is 14.6. The molecule has 236 valence electrons. The Hall–Kier alpha value is -5.11. The molecule has 0 aromatic heterocycles. The number of benzene rings is 4. The van der Waals surface area contributed by atoms with E-state index in [2.05, 4.69) is 5.43 Å². The van der Waals surface area contributed by atoms with Crippen LogP contribution in [0.1, 0.15) is 38.1 Å². The minimum Gasteiger partial charge on any atom is -0.497 e. The minimum atomic E-state index is -0.930. The molecule has 3 heterocycles. The van der Waals surface area contributed by atoms with Crippen molar-refractivity contribution in [1.82, 2.24) is 15.5 Å². The molecule has 0 radical (unpaired) electrons. The lowest BCUT2D eigenvalue weighted by Crippen LogP contribution is -2.47. The van der Waals surface area contributed by atoms with Crippen molar-refractivity contribution >= 4 is 64.5 Å². The van der Waals surface area contributed by atoms with Crippen molar-refractivity contribution in [3.8, 4) is 5.75 Å². The molecule has 0 bridgehead atoms. The molecule has 1 N–H and O–H groups in total. The van der Waals surface area contributed by atoms with Crippen LogP contribution in [0.2, 0.25) is 0 Å². The Kier molecular flexibility index (Phi) is 8.18. The van der Waals surface area contributed by atoms with Crippen LogP contribution in [-0.2, 0) is 19.2 Å². The van der Waals surface area contributed by atoms with E-state index in [1.807, 2.05) is 48.5 Å². The highest BCUT2D eigenvalue weighted by Gasteiger charge is 2.45. The van der Waals surface area contributed by atoms with Crippen molar-refractivity contribution in [2.45, 2.75) is 26.8 Å². The highest BCUT2D eigenvalue weighted by molar-refractivity contribution is 8.01. The number of anilines is 2. The zero-order valence-electron chi connectivity index (χ0n) is 24.8. The van der Waals surface area contributed by atoms with Crippen LogP contribution < -0.4 is 15.1 Å². The second-order valence-corrected chi connectivity index (χ2v) is 13.0. The summed E-state index contributed by atoms with van der Waals surface area (Å²) in [7, 11) is 1.55. The van der Waals surface area contributed by atoms with Gasteiger partial charge < -0.3 is 9.57 Å². The van der Waals surface area contributed by atoms with Gasteiger partial charge in [0.1, 0.15) is 11.1 Å². The van der Waals surface area contributed by atoms with Crippen LogP contribution in [0.15, 0.2) is 107 Å². The Balaban J connectivity index is 1.10. The summed E-state index contributed by atoms with van der Waals surface area (Å²) >= 11 is 2.77. The molecular formula is C34H26N4O7S2. The number of ether oxygens (including phenoxy) is 1. The third-order valence-corrected chi connectivity index (χ3v) is 10.4. The number of carbonyl (C=O) groups is 5. The third kappa shape index (κ3) is 5.62. The van der Waals surface area contributed by atoms with E-state index in [1.54, 1.807) is 60.2 Å². The van der Waals surface area contributed by atoms with Crippen LogP contribution in [0, 0.1) is 0 Å². The van der Waals surface area contributed by atoms with Crippen LogP contribution in [0.5, 0.6) is 5.75 Å². The number of para-hydroxylation sites is 2. The number of rotatable bonds is 8. The van der Waals surface area contributed by atoms with Gasteiger partial charge in [0.15, 0.2) is 0 Å². The summed E-state index contributed by atoms with van der Waals surface area (Å²) in [6.07, 6.45) is -0.417. The van der Waals surface area contributed by atoms with E-state index in [9.17, 15) is 24.0 Å². The smallest absolute Gasteiger partial charge is 0.334 e. The van der Waals surface area contributed by atoms with E-state index >= 15 is 0 Å². The van der Waals surface area contributed by atoms with E-state index in [-0.39, 0.29) is 23.6 Å². The lowest BCUT2D eigenvalue weighted by Gasteiger charge is -2.32. The Morgan fingerprint density at radius 1 is 0.787 bits per heavy atom. The van der Waals surface area contributed by atoms with E-state index < -0.39 is 40.7 Å². The average molecular weight is 667 g/mol. The molecule has 13 heteroatoms. The average Bonchev–Trinajstić information content (AvgIpc) is 3.53. The fourth-order valence-electron chi connectivity index (χ4n) is 5.58. The molecule has 0 saturated carbocycles. The van der Waals surface area contributed by atoms with Crippen LogP contribution in [0.4, 0.5) is 11.4 Å². The van der Waals surface area contributed by atoms with Gasteiger partial charge in [0.25, 0.3) is 17.7 Å². The fraction of sp³-hybridized carbons (Fsp3) is 0.147. The summed E-state index contributed by atoms with van der Waals surface area (Å²) in [4.78, 5) is 74.8. The van der Waals surface area contributed by atoms with Gasteiger partial charge in [0, 0.05) is 9.79 Å². The number of nitrogens with zero attached hydrogens (tertiary/aromatic N) is 3. The van der Waals surface area contributed by atoms with Gasteiger partial charge in [-0.05, 0) is 54.1 Å². The molecule has 1 fully saturated rings. The highest BCUT2D eigenvalue weighted by atomic mass is 32.2. The number of fused-ring (bicyclic) bond motifs is 3. The molecule has 4 amide bonds. The van der Waals surface area contributed by atoms with E-state index in [0.29, 0.717) is 10.8 Å². The van der Waals surface area contributed by atoms with Gasteiger partial charge in [-0.3, -0.25) is 29.1 Å². The van der Waals surface area contributed by atoms with Gasteiger partial charge in [0.05, 0.1) is 47.8 Å². The first kappa shape index (κ1) is 30.5. The van der Waals surface area contributed by atoms with E-state index in [1.165, 1.54) is 28.9 Å². The van der Waals surface area contributed by atoms with Crippen molar-refractivity contribution < 1.29 is 33.5 Å². The number of hydrogen-bond donors (Lipinski definition) is 1. The van der Waals surface area contributed by atoms with Crippen LogP contribution in [0.3, 0.4) is 0 Å². The number of carbonyl (C=O) groups excluding carboxylic acids is 5. The molecule has 4 aromatic carbocycles. The quantitative estimate of drug-likeness (QED) is 0.254. The third-order valence-electron chi connectivity index (χ3n) is 7.83. The summed E-state index contributed by atoms with van der Waals surface area (Å²) in [5, 5.41) is 0.232. The second-order valence-electron chi connectivity index (χ2n) is 10.7. The Bertz CT molecular complexity index is 1860. The summed E-state index contributed by atoms with van der Waals surface area (Å²) in [6, 6.07) is 28.5. The van der Waals surface area contributed by atoms with Gasteiger partial charge in [-0.15, -0.1) is 11.8 Å². The van der Waals surface area contributed by atoms with E-state index in [0.717, 1.165) is 26.7 Å². The van der Waals surface area contributed by atoms with Crippen molar-refractivity contribution in [3.63, 3.8) is 0 Å². The molecule has 4 aromatic rings. The number of imide groups is 1. The number of thioether (sulfide) groups is 1. The first-order chi connectivity index (χ1) is 22.8. The zero-order valence-corrected chi connectivity index (χ0v) is 26.5. The lowest BCUT2D eigenvalue weighted by molar-refractivity contribution is -0.169. The minimum absolute atomic E-state index is 0.133. The number of hydroxylamine groups is 2. The molecule has 2 unspecified atom stereocenters. The largest absolute Gasteiger partial charge is 0.497 e. The maximum absolute atomic E-state index is 13.9. The van der Waals surface area contributed by atoms with Crippen LogP contribution in [-0.4, -0.2) is 58.6 Å². The molecule has 7 rings (SSSR count). The molecule has 47 heavy (non-hydrogen) atoms. The first-order valence-corrected chi connectivity index (χ1v) is 16.3. The van der Waals surface area contributed by atoms with Crippen LogP contribution in [0.25, 0.3) is 0 Å². The number of hydrogen-bond acceptors (Lipinski definition) is 10. The Morgan fingerprint density at radius 2 is 1.36 bits per heavy atom. The molecule has 3 aliphatic rings. The van der Waals surface area contributed by atoms with E-state index in [4.69, 9.17) is 9.57 Å². The van der Waals surface area contributed by atoms with Crippen LogP contribution >= 0.6 is 23.5 Å². The Labute approximate surface area is 277 Å². The maximum atomic E-state index is 13.9. The molecule has 11 nitrogen and oxygen atoms in total. The second kappa shape index (κ2) is 12.6. The van der Waals surface area contributed by atoms with Gasteiger partial charge in [-0.2, -0.15) is 0 Å². The predicted octanol–water partition coefficient (Wildman–Crippen LogP) is 5.12. The standard InChI is InChI=1S/C34H26N4O7S2/c1-44-21-16-14-20(15-17-21)34-37(35-19-29(39)36-24-10-4-6-12-26(24)46-27-13-7-5-11-25(27)36)33(43)28(47-34)18-30(40)45-38-31(41)22-8-2-3-9-23(22)32(38)42/h2-17,28,34-35H,18-19H2,1H3. The van der Waals surface area contributed by atoms with Crippen molar-refractivity contribution in [1.29, 1.82) is 0 Å². The molecule has 0 spiro atoms. The van der Waals surface area contributed by atoms with Crippen molar-refractivity contribution in [2.24, 2.45) is 0 Å². The molecule has 1 saturated heterocycles. The zero-order chi connectivity index (χ0) is 32.7. The number of nitrogens with one attached hydrogen (secondary N) is 1. The molecule has 2 atom stereocenters. The highest BCUT2D eigenvalue weighted by Crippen LogP contribution is 2.48. The lowest BCUT2D eigenvalue weighted by atomic mass is 10.1. The van der Waals surface area contributed by atoms with Gasteiger partial charge >= 0.3 is 5.97 Å². The summed E-state index contributed by atoms with van der Waals surface area (Å²) in [5.41, 5.74) is 5.51. The molecular weight excluding hydrogens is 641 g/mol. The monoisotopic (exact) mass is 666 g/mol. The predicted molar refractivity (Wildman–Crippen MR) is 174 cm³/mol. The number of methoxy groups -OCH3 is 1. The summed E-state index contributed by atoms with van der Waals surface area (Å²) in [6.45, 7) is -0.224. The van der Waals surface area contributed by atoms with Gasteiger partial charge in [-0.25, -0.2) is 10.2 Å².